The van der Waals surface area contributed by atoms with E-state index in [-0.39, 0.29) is 30.1 Å². The second kappa shape index (κ2) is 7.96. The monoisotopic (exact) mass is 558 g/mol. The number of benzene rings is 2. The highest BCUT2D eigenvalue weighted by Crippen LogP contribution is 2.52. The zero-order chi connectivity index (χ0) is 19.4. The second-order valence-corrected chi connectivity index (χ2v) is 9.90. The van der Waals surface area contributed by atoms with E-state index in [4.69, 9.17) is 116 Å². The quantitative estimate of drug-likeness (QED) is 0.270. The summed E-state index contributed by atoms with van der Waals surface area (Å²) in [6, 6.07) is 0. The Kier molecular flexibility index (Phi) is 7.19. The van der Waals surface area contributed by atoms with Crippen LogP contribution in [-0.4, -0.2) is 8.42 Å². The molecule has 0 aliphatic heterocycles. The Hall–Kier alpha value is 1.29. The maximum atomic E-state index is 13.1. The van der Waals surface area contributed by atoms with Crippen molar-refractivity contribution in [1.29, 1.82) is 0 Å². The molecule has 25 heavy (non-hydrogen) atoms. The molecule has 0 radical (unpaired) electrons. The Morgan fingerprint density at radius 1 is 0.360 bits per heavy atom. The molecule has 2 aromatic carbocycles. The molecule has 2 nitrogen and oxygen atoms in total. The lowest BCUT2D eigenvalue weighted by molar-refractivity contribution is 0.596. The molecule has 0 fully saturated rings. The van der Waals surface area contributed by atoms with Gasteiger partial charge < -0.3 is 0 Å². The SMILES string of the molecule is O=S(=O)(c1c(Cl)c(Cl)c(Cl)c(Cl)c1Cl)c1c(Cl)c(Cl)c(Cl)c(Cl)c1Cl. The molecule has 136 valence electrons. The van der Waals surface area contributed by atoms with Gasteiger partial charge in [-0.15, -0.1) is 0 Å². The van der Waals surface area contributed by atoms with Crippen LogP contribution in [0.2, 0.25) is 50.2 Å². The fourth-order valence-corrected chi connectivity index (χ4v) is 7.02. The smallest absolute Gasteiger partial charge is 0.212 e. The predicted molar refractivity (Wildman–Crippen MR) is 108 cm³/mol. The van der Waals surface area contributed by atoms with Crippen molar-refractivity contribution in [2.45, 2.75) is 9.79 Å². The van der Waals surface area contributed by atoms with E-state index in [1.54, 1.807) is 0 Å². The Morgan fingerprint density at radius 2 is 0.520 bits per heavy atom. The van der Waals surface area contributed by atoms with Crippen LogP contribution >= 0.6 is 116 Å². The Morgan fingerprint density at radius 3 is 0.720 bits per heavy atom. The van der Waals surface area contributed by atoms with Crippen molar-refractivity contribution in [3.8, 4) is 0 Å². The van der Waals surface area contributed by atoms with Crippen LogP contribution in [0.1, 0.15) is 0 Å². The normalized spacial score (nSPS) is 11.9. The first-order chi connectivity index (χ1) is 11.4. The molecule has 0 saturated carbocycles. The molecule has 13 heteroatoms. The van der Waals surface area contributed by atoms with Crippen LogP contribution in [0.3, 0.4) is 0 Å². The molecule has 0 atom stereocenters. The summed E-state index contributed by atoms with van der Waals surface area (Å²) in [5, 5.41) is -3.64. The van der Waals surface area contributed by atoms with E-state index < -0.39 is 39.7 Å². The van der Waals surface area contributed by atoms with Gasteiger partial charge in [0.05, 0.1) is 50.2 Å². The number of halogens is 10. The van der Waals surface area contributed by atoms with Crippen LogP contribution in [0.4, 0.5) is 0 Å². The van der Waals surface area contributed by atoms with Crippen LogP contribution in [0.15, 0.2) is 9.79 Å². The van der Waals surface area contributed by atoms with Crippen molar-refractivity contribution in [2.75, 3.05) is 0 Å². The van der Waals surface area contributed by atoms with Gasteiger partial charge in [0.15, 0.2) is 0 Å². The first kappa shape index (κ1) is 22.6. The van der Waals surface area contributed by atoms with Gasteiger partial charge in [0.25, 0.3) is 0 Å². The predicted octanol–water partition coefficient (Wildman–Crippen LogP) is 9.05. The van der Waals surface area contributed by atoms with E-state index in [0.717, 1.165) is 0 Å². The number of sulfone groups is 1. The Balaban J connectivity index is 3.02. The fourth-order valence-electron chi connectivity index (χ4n) is 1.74. The lowest BCUT2D eigenvalue weighted by Gasteiger charge is -2.16. The third-order valence-corrected chi connectivity index (χ3v) is 9.77. The molecular formula is C12Cl10O2S. The summed E-state index contributed by atoms with van der Waals surface area (Å²) < 4.78 is 26.2. The van der Waals surface area contributed by atoms with Gasteiger partial charge in [0.2, 0.25) is 9.84 Å². The molecular weight excluding hydrogens is 563 g/mol. The van der Waals surface area contributed by atoms with Gasteiger partial charge in [-0.25, -0.2) is 8.42 Å². The summed E-state index contributed by atoms with van der Waals surface area (Å²) in [5.41, 5.74) is 0. The standard InChI is InChI=1S/C12Cl10O2S/c13-1-3(15)7(19)11(8(20)4(1)16)25(23,24)12-9(21)5(17)2(14)6(18)10(12)22. The molecule has 0 aliphatic rings. The first-order valence-corrected chi connectivity index (χ1v) is 10.9. The van der Waals surface area contributed by atoms with Crippen molar-refractivity contribution in [3.63, 3.8) is 0 Å². The maximum Gasteiger partial charge on any atom is 0.212 e. The molecule has 0 aliphatic carbocycles. The van der Waals surface area contributed by atoms with E-state index in [1.807, 2.05) is 0 Å². The molecule has 2 rings (SSSR count). The van der Waals surface area contributed by atoms with Gasteiger partial charge >= 0.3 is 0 Å². The zero-order valence-electron chi connectivity index (χ0n) is 11.0. The van der Waals surface area contributed by atoms with Crippen molar-refractivity contribution >= 4 is 126 Å². The van der Waals surface area contributed by atoms with Crippen molar-refractivity contribution < 1.29 is 8.42 Å². The summed E-state index contributed by atoms with van der Waals surface area (Å²) in [7, 11) is -4.57. The average Bonchev–Trinajstić information content (AvgIpc) is 2.54. The minimum Gasteiger partial charge on any atom is -0.218 e. The van der Waals surface area contributed by atoms with Gasteiger partial charge in [-0.2, -0.15) is 0 Å². The van der Waals surface area contributed by atoms with E-state index in [1.165, 1.54) is 0 Å². The molecule has 0 unspecified atom stereocenters. The third kappa shape index (κ3) is 3.65. The Bertz CT molecular complexity index is 882. The molecule has 0 heterocycles. The highest BCUT2D eigenvalue weighted by Gasteiger charge is 2.35. The van der Waals surface area contributed by atoms with Gasteiger partial charge in [-0.3, -0.25) is 0 Å². The van der Waals surface area contributed by atoms with Crippen LogP contribution < -0.4 is 0 Å². The summed E-state index contributed by atoms with van der Waals surface area (Å²) in [4.78, 5) is -1.32. The summed E-state index contributed by atoms with van der Waals surface area (Å²) in [5.74, 6) is 0. The fraction of sp³-hybridized carbons (Fsp3) is 0. The molecule has 2 aromatic rings. The van der Waals surface area contributed by atoms with Gasteiger partial charge in [-0.05, 0) is 0 Å². The minimum atomic E-state index is -4.57. The zero-order valence-corrected chi connectivity index (χ0v) is 19.4. The lowest BCUT2D eigenvalue weighted by Crippen LogP contribution is -2.07. The van der Waals surface area contributed by atoms with Crippen LogP contribution in [-0.2, 0) is 9.84 Å². The second-order valence-electron chi connectivity index (χ2n) is 4.30. The largest absolute Gasteiger partial charge is 0.218 e. The minimum absolute atomic E-state index is 0.221. The molecule has 0 aromatic heterocycles. The van der Waals surface area contributed by atoms with E-state index in [2.05, 4.69) is 0 Å². The van der Waals surface area contributed by atoms with Crippen molar-refractivity contribution in [3.05, 3.63) is 50.2 Å². The van der Waals surface area contributed by atoms with Gasteiger partial charge in [-0.1, -0.05) is 116 Å². The molecule has 0 amide bonds. The summed E-state index contributed by atoms with van der Waals surface area (Å²) >= 11 is 59.4. The Labute approximate surface area is 192 Å². The van der Waals surface area contributed by atoms with E-state index in [0.29, 0.717) is 0 Å². The average molecular weight is 563 g/mol. The van der Waals surface area contributed by atoms with Gasteiger partial charge in [0, 0.05) is 0 Å². The topological polar surface area (TPSA) is 34.1 Å². The highest BCUT2D eigenvalue weighted by molar-refractivity contribution is 7.92. The van der Waals surface area contributed by atoms with Crippen molar-refractivity contribution in [1.82, 2.24) is 0 Å². The molecule has 0 bridgehead atoms. The van der Waals surface area contributed by atoms with Crippen LogP contribution in [0.5, 0.6) is 0 Å². The van der Waals surface area contributed by atoms with Crippen LogP contribution in [0.25, 0.3) is 0 Å². The van der Waals surface area contributed by atoms with Crippen LogP contribution in [0, 0.1) is 0 Å². The van der Waals surface area contributed by atoms with Gasteiger partial charge in [0.1, 0.15) is 9.79 Å². The highest BCUT2D eigenvalue weighted by atomic mass is 35.5. The molecule has 0 saturated heterocycles. The summed E-state index contributed by atoms with van der Waals surface area (Å²) in [6.07, 6.45) is 0. The first-order valence-electron chi connectivity index (χ1n) is 5.63. The molecule has 0 N–H and O–H groups in total. The van der Waals surface area contributed by atoms with E-state index in [9.17, 15) is 8.42 Å². The van der Waals surface area contributed by atoms with Crippen molar-refractivity contribution in [2.24, 2.45) is 0 Å². The number of rotatable bonds is 2. The number of hydrogen-bond donors (Lipinski definition) is 0. The third-order valence-electron chi connectivity index (χ3n) is 2.88. The van der Waals surface area contributed by atoms with E-state index >= 15 is 0 Å². The summed E-state index contributed by atoms with van der Waals surface area (Å²) in [6.45, 7) is 0. The maximum absolute atomic E-state index is 13.1. The molecule has 0 spiro atoms. The lowest BCUT2D eigenvalue weighted by atomic mass is 10.3. The number of hydrogen-bond acceptors (Lipinski definition) is 2.